The van der Waals surface area contributed by atoms with Crippen molar-refractivity contribution >= 4 is 28.9 Å². The van der Waals surface area contributed by atoms with Gasteiger partial charge in [-0.3, -0.25) is 0 Å². The van der Waals surface area contributed by atoms with E-state index < -0.39 is 0 Å². The molecule has 0 bridgehead atoms. The van der Waals surface area contributed by atoms with Crippen molar-refractivity contribution in [3.63, 3.8) is 0 Å². The molecule has 8 heteroatoms. The molecule has 0 spiro atoms. The molecule has 3 aromatic rings. The maximum Gasteiger partial charge on any atom is 0.190 e. The summed E-state index contributed by atoms with van der Waals surface area (Å²) < 4.78 is 0. The van der Waals surface area contributed by atoms with Crippen molar-refractivity contribution in [2.24, 2.45) is 0 Å². The van der Waals surface area contributed by atoms with Crippen molar-refractivity contribution in [1.82, 2.24) is 15.0 Å². The van der Waals surface area contributed by atoms with E-state index in [4.69, 9.17) is 5.73 Å². The Labute approximate surface area is 147 Å². The summed E-state index contributed by atoms with van der Waals surface area (Å²) in [6, 6.07) is 8.59. The first kappa shape index (κ1) is 16.2. The quantitative estimate of drug-likeness (QED) is 0.545. The van der Waals surface area contributed by atoms with Crippen LogP contribution < -0.4 is 5.73 Å². The topological polar surface area (TPSA) is 109 Å². The van der Waals surface area contributed by atoms with Crippen molar-refractivity contribution in [3.8, 4) is 23.1 Å². The smallest absolute Gasteiger partial charge is 0.190 e. The number of nitrogen functional groups attached to an aromatic ring is 1. The molecule has 0 radical (unpaired) electrons. The van der Waals surface area contributed by atoms with Gasteiger partial charge in [-0.05, 0) is 19.1 Å². The van der Waals surface area contributed by atoms with Gasteiger partial charge in [0.1, 0.15) is 23.2 Å². The van der Waals surface area contributed by atoms with Crippen LogP contribution in [0.3, 0.4) is 0 Å². The molecule has 1 aromatic carbocycles. The fraction of sp³-hybridized carbons (Fsp3) is 0.125. The summed E-state index contributed by atoms with van der Waals surface area (Å²) in [4.78, 5) is 13.0. The van der Waals surface area contributed by atoms with Crippen molar-refractivity contribution < 1.29 is 5.11 Å². The average molecular weight is 355 g/mol. The molecule has 0 aliphatic heterocycles. The zero-order valence-corrected chi connectivity index (χ0v) is 14.4. The molecule has 120 valence electrons. The lowest BCUT2D eigenvalue weighted by Crippen LogP contribution is -2.02. The monoisotopic (exact) mass is 355 g/mol. The highest BCUT2D eigenvalue weighted by Gasteiger charge is 2.15. The number of aromatic nitrogens is 3. The van der Waals surface area contributed by atoms with Crippen LogP contribution in [0.4, 0.5) is 5.82 Å². The van der Waals surface area contributed by atoms with Crippen molar-refractivity contribution in [1.29, 1.82) is 5.26 Å². The fourth-order valence-electron chi connectivity index (χ4n) is 2.11. The lowest BCUT2D eigenvalue weighted by atomic mass is 10.1. The van der Waals surface area contributed by atoms with E-state index in [-0.39, 0.29) is 17.1 Å². The van der Waals surface area contributed by atoms with E-state index in [2.05, 4.69) is 15.0 Å². The largest absolute Gasteiger partial charge is 0.508 e. The number of nitrogens with two attached hydrogens (primary N) is 1. The number of hydrogen-bond donors (Lipinski definition) is 2. The molecule has 24 heavy (non-hydrogen) atoms. The number of thioether (sulfide) groups is 1. The third kappa shape index (κ3) is 3.48. The lowest BCUT2D eigenvalue weighted by Gasteiger charge is -2.08. The Hall–Kier alpha value is -2.63. The summed E-state index contributed by atoms with van der Waals surface area (Å²) in [5, 5.41) is 22.5. The molecule has 2 aromatic heterocycles. The van der Waals surface area contributed by atoms with Gasteiger partial charge in [0.15, 0.2) is 5.16 Å². The van der Waals surface area contributed by atoms with E-state index in [1.807, 2.05) is 18.4 Å². The van der Waals surface area contributed by atoms with Gasteiger partial charge < -0.3 is 10.8 Å². The third-order valence-corrected chi connectivity index (χ3v) is 4.87. The second kappa shape index (κ2) is 6.86. The molecule has 3 N–H and O–H groups in total. The van der Waals surface area contributed by atoms with Gasteiger partial charge >= 0.3 is 0 Å². The zero-order valence-electron chi connectivity index (χ0n) is 12.7. The number of phenolic OH excluding ortho intramolecular Hbond substituents is 1. The van der Waals surface area contributed by atoms with Gasteiger partial charge in [-0.15, -0.1) is 11.3 Å². The first-order chi connectivity index (χ1) is 11.6. The van der Waals surface area contributed by atoms with Crippen LogP contribution in [-0.2, 0) is 5.75 Å². The maximum absolute atomic E-state index is 9.66. The Kier molecular flexibility index (Phi) is 4.64. The van der Waals surface area contributed by atoms with E-state index in [0.29, 0.717) is 22.2 Å². The summed E-state index contributed by atoms with van der Waals surface area (Å²) in [7, 11) is 0. The van der Waals surface area contributed by atoms with Crippen LogP contribution in [0.15, 0.2) is 34.8 Å². The van der Waals surface area contributed by atoms with Gasteiger partial charge in [-0.2, -0.15) is 5.26 Å². The van der Waals surface area contributed by atoms with E-state index in [9.17, 15) is 10.4 Å². The summed E-state index contributed by atoms with van der Waals surface area (Å²) in [6.45, 7) is 1.95. The standard InChI is InChI=1S/C16H13N5OS2/c1-9-19-11(7-23-9)8-24-16-20-14(13(6-17)15(18)21-16)10-3-2-4-12(22)5-10/h2-5,7,22H,8H2,1H3,(H2,18,20,21). The molecule has 2 heterocycles. The average Bonchev–Trinajstić information content (AvgIpc) is 2.98. The van der Waals surface area contributed by atoms with Crippen LogP contribution in [0.2, 0.25) is 0 Å². The number of thiazole rings is 1. The summed E-state index contributed by atoms with van der Waals surface area (Å²) in [5.74, 6) is 0.846. The molecule has 0 aliphatic rings. The Morgan fingerprint density at radius 3 is 2.83 bits per heavy atom. The lowest BCUT2D eigenvalue weighted by molar-refractivity contribution is 0.475. The molecule has 0 fully saturated rings. The molecule has 0 saturated carbocycles. The Balaban J connectivity index is 1.96. The molecular weight excluding hydrogens is 342 g/mol. The molecule has 0 saturated heterocycles. The molecule has 0 atom stereocenters. The summed E-state index contributed by atoms with van der Waals surface area (Å²) in [6.07, 6.45) is 0. The molecule has 0 unspecified atom stereocenters. The van der Waals surface area contributed by atoms with Gasteiger partial charge in [-0.1, -0.05) is 23.9 Å². The molecule has 0 aliphatic carbocycles. The maximum atomic E-state index is 9.66. The third-order valence-electron chi connectivity index (χ3n) is 3.16. The summed E-state index contributed by atoms with van der Waals surface area (Å²) >= 11 is 2.99. The van der Waals surface area contributed by atoms with Gasteiger partial charge in [0, 0.05) is 16.7 Å². The fourth-order valence-corrected chi connectivity index (χ4v) is 3.57. The molecule has 3 rings (SSSR count). The highest BCUT2D eigenvalue weighted by Crippen LogP contribution is 2.30. The number of phenols is 1. The number of anilines is 1. The van der Waals surface area contributed by atoms with Crippen LogP contribution in [0.25, 0.3) is 11.3 Å². The minimum atomic E-state index is 0.0979. The highest BCUT2D eigenvalue weighted by atomic mass is 32.2. The number of benzene rings is 1. The van der Waals surface area contributed by atoms with E-state index in [0.717, 1.165) is 10.7 Å². The van der Waals surface area contributed by atoms with E-state index in [1.165, 1.54) is 11.8 Å². The van der Waals surface area contributed by atoms with Gasteiger partial charge in [0.25, 0.3) is 0 Å². The predicted octanol–water partition coefficient (Wildman–Crippen LogP) is 3.36. The van der Waals surface area contributed by atoms with Crippen molar-refractivity contribution in [3.05, 3.63) is 45.9 Å². The first-order valence-electron chi connectivity index (χ1n) is 6.97. The molecule has 0 amide bonds. The number of nitrogens with zero attached hydrogens (tertiary/aromatic N) is 4. The van der Waals surface area contributed by atoms with Crippen LogP contribution >= 0.6 is 23.1 Å². The van der Waals surface area contributed by atoms with Crippen LogP contribution in [0.1, 0.15) is 16.3 Å². The van der Waals surface area contributed by atoms with Crippen molar-refractivity contribution in [2.75, 3.05) is 5.73 Å². The van der Waals surface area contributed by atoms with Crippen molar-refractivity contribution in [2.45, 2.75) is 17.8 Å². The van der Waals surface area contributed by atoms with E-state index in [1.54, 1.807) is 35.6 Å². The second-order valence-corrected chi connectivity index (χ2v) is 6.93. The van der Waals surface area contributed by atoms with E-state index >= 15 is 0 Å². The normalized spacial score (nSPS) is 10.5. The minimum Gasteiger partial charge on any atom is -0.508 e. The highest BCUT2D eigenvalue weighted by molar-refractivity contribution is 7.98. The van der Waals surface area contributed by atoms with Gasteiger partial charge in [-0.25, -0.2) is 15.0 Å². The minimum absolute atomic E-state index is 0.0979. The van der Waals surface area contributed by atoms with Gasteiger partial charge in [0.05, 0.1) is 16.4 Å². The summed E-state index contributed by atoms with van der Waals surface area (Å²) in [5.41, 5.74) is 8.11. The molecular formula is C16H13N5OS2. The predicted molar refractivity (Wildman–Crippen MR) is 94.7 cm³/mol. The molecule has 6 nitrogen and oxygen atoms in total. The van der Waals surface area contributed by atoms with Crippen LogP contribution in [0, 0.1) is 18.3 Å². The second-order valence-electron chi connectivity index (χ2n) is 4.92. The van der Waals surface area contributed by atoms with Crippen LogP contribution in [-0.4, -0.2) is 20.1 Å². The SMILES string of the molecule is Cc1nc(CSc2nc(N)c(C#N)c(-c3cccc(O)c3)n2)cs1. The van der Waals surface area contributed by atoms with Crippen LogP contribution in [0.5, 0.6) is 5.75 Å². The van der Waals surface area contributed by atoms with Gasteiger partial charge in [0.2, 0.25) is 0 Å². The first-order valence-corrected chi connectivity index (χ1v) is 8.84. The Morgan fingerprint density at radius 1 is 1.33 bits per heavy atom. The Bertz CT molecular complexity index is 932. The number of aromatic hydroxyl groups is 1. The number of nitriles is 1. The number of hydrogen-bond acceptors (Lipinski definition) is 8. The zero-order chi connectivity index (χ0) is 17.1. The number of rotatable bonds is 4. The Morgan fingerprint density at radius 2 is 2.17 bits per heavy atom. The number of aryl methyl sites for hydroxylation is 1.